The Morgan fingerprint density at radius 2 is 1.96 bits per heavy atom. The lowest BCUT2D eigenvalue weighted by Gasteiger charge is -2.27. The average Bonchev–Trinajstić information content (AvgIpc) is 2.68. The number of hydrogen-bond donors (Lipinski definition) is 3. The normalized spacial score (nSPS) is 15.0. The van der Waals surface area contributed by atoms with Crippen molar-refractivity contribution in [2.24, 2.45) is 0 Å². The number of hydrogen-bond acceptors (Lipinski definition) is 4. The predicted molar refractivity (Wildman–Crippen MR) is 107 cm³/mol. The molecule has 4 N–H and O–H groups in total. The number of anilines is 1. The van der Waals surface area contributed by atoms with E-state index in [4.69, 9.17) is 10.5 Å². The number of ether oxygens (including phenoxy) is 1. The third kappa shape index (κ3) is 3.39. The van der Waals surface area contributed by atoms with Gasteiger partial charge in [-0.3, -0.25) is 0 Å². The van der Waals surface area contributed by atoms with Crippen molar-refractivity contribution in [3.63, 3.8) is 0 Å². The summed E-state index contributed by atoms with van der Waals surface area (Å²) in [6, 6.07) is 15.4. The van der Waals surface area contributed by atoms with Crippen LogP contribution in [0.15, 0.2) is 54.9 Å². The van der Waals surface area contributed by atoms with E-state index in [1.165, 1.54) is 4.90 Å². The van der Waals surface area contributed by atoms with Crippen LogP contribution in [0.2, 0.25) is 0 Å². The van der Waals surface area contributed by atoms with Crippen molar-refractivity contribution in [3.8, 4) is 17.4 Å². The molecule has 144 valence electrons. The van der Waals surface area contributed by atoms with Gasteiger partial charge in [0, 0.05) is 18.1 Å². The van der Waals surface area contributed by atoms with Gasteiger partial charge < -0.3 is 20.5 Å². The van der Waals surface area contributed by atoms with Crippen LogP contribution in [0.3, 0.4) is 0 Å². The molecule has 0 spiro atoms. The molecule has 0 radical (unpaired) electrons. The molecule has 0 saturated carbocycles. The summed E-state index contributed by atoms with van der Waals surface area (Å²) in [5.41, 5.74) is 9.59. The Hall–Kier alpha value is -3.12. The topological polar surface area (TPSA) is 76.7 Å². The third-order valence-electron chi connectivity index (χ3n) is 5.14. The fraction of sp³-hybridized carbons (Fsp3) is 0.273. The molecule has 6 heteroatoms. The first-order valence-electron chi connectivity index (χ1n) is 9.57. The summed E-state index contributed by atoms with van der Waals surface area (Å²) >= 11 is 0. The molecule has 6 nitrogen and oxygen atoms in total. The van der Waals surface area contributed by atoms with Crippen LogP contribution in [0.25, 0.3) is 0 Å². The van der Waals surface area contributed by atoms with Gasteiger partial charge in [-0.25, -0.2) is 4.57 Å². The summed E-state index contributed by atoms with van der Waals surface area (Å²) in [5, 5.41) is 9.90. The second-order valence-electron chi connectivity index (χ2n) is 7.52. The monoisotopic (exact) mass is 378 g/mol. The van der Waals surface area contributed by atoms with Crippen molar-refractivity contribution in [2.75, 3.05) is 26.4 Å². The van der Waals surface area contributed by atoms with Gasteiger partial charge in [0.05, 0.1) is 33.1 Å². The Balaban J connectivity index is 1.82. The van der Waals surface area contributed by atoms with Gasteiger partial charge in [-0.1, -0.05) is 41.4 Å². The molecule has 0 unspecified atom stereocenters. The largest absolute Gasteiger partial charge is 0.508 e. The number of phenolic OH excluding ortho intramolecular Hbond substituents is 1. The molecule has 28 heavy (non-hydrogen) atoms. The minimum atomic E-state index is -0.0972. The van der Waals surface area contributed by atoms with Crippen LogP contribution in [-0.2, 0) is 6.54 Å². The second kappa shape index (κ2) is 7.48. The zero-order valence-corrected chi connectivity index (χ0v) is 16.2. The molecule has 1 atom stereocenters. The average molecular weight is 378 g/mol. The van der Waals surface area contributed by atoms with E-state index >= 15 is 0 Å². The predicted octanol–water partition coefficient (Wildman–Crippen LogP) is 1.48. The van der Waals surface area contributed by atoms with E-state index in [9.17, 15) is 5.11 Å². The number of rotatable bonds is 5. The molecule has 0 saturated heterocycles. The van der Waals surface area contributed by atoms with Crippen LogP contribution in [0.4, 0.5) is 5.82 Å². The van der Waals surface area contributed by atoms with Gasteiger partial charge in [-0.05, 0) is 11.6 Å². The second-order valence-corrected chi connectivity index (χ2v) is 7.52. The number of aryl methyl sites for hydroxylation is 1. The van der Waals surface area contributed by atoms with Crippen molar-refractivity contribution in [1.29, 1.82) is 0 Å². The zero-order chi connectivity index (χ0) is 19.7. The summed E-state index contributed by atoms with van der Waals surface area (Å²) in [4.78, 5) is 5.96. The Morgan fingerprint density at radius 1 is 1.18 bits per heavy atom. The molecule has 1 aliphatic heterocycles. The van der Waals surface area contributed by atoms with Crippen molar-refractivity contribution in [3.05, 3.63) is 71.5 Å². The molecule has 4 rings (SSSR count). The molecule has 2 heterocycles. The maximum absolute atomic E-state index is 9.90. The maximum atomic E-state index is 9.90. The highest BCUT2D eigenvalue weighted by Gasteiger charge is 2.36. The summed E-state index contributed by atoms with van der Waals surface area (Å²) in [6.45, 7) is 1.87. The Bertz CT molecular complexity index is 989. The number of nitrogens with two attached hydrogens (primary N) is 1. The van der Waals surface area contributed by atoms with Crippen LogP contribution >= 0.6 is 0 Å². The Kier molecular flexibility index (Phi) is 4.88. The molecule has 1 aliphatic rings. The zero-order valence-electron chi connectivity index (χ0n) is 16.2. The van der Waals surface area contributed by atoms with Gasteiger partial charge >= 0.3 is 5.88 Å². The van der Waals surface area contributed by atoms with Crippen molar-refractivity contribution >= 4 is 5.82 Å². The van der Waals surface area contributed by atoms with Crippen molar-refractivity contribution < 1.29 is 19.3 Å². The van der Waals surface area contributed by atoms with Crippen molar-refractivity contribution in [2.45, 2.75) is 18.9 Å². The molecule has 1 aromatic heterocycles. The molecular formula is C22H26N4O2+2. The van der Waals surface area contributed by atoms with Gasteiger partial charge in [0.1, 0.15) is 17.1 Å². The number of aromatic hydroxyl groups is 1. The maximum Gasteiger partial charge on any atom is 0.306 e. The first-order valence-corrected chi connectivity index (χ1v) is 9.57. The van der Waals surface area contributed by atoms with E-state index in [0.717, 1.165) is 36.2 Å². The number of aromatic nitrogens is 2. The molecule has 0 amide bonds. The van der Waals surface area contributed by atoms with E-state index in [1.54, 1.807) is 18.5 Å². The van der Waals surface area contributed by atoms with Crippen molar-refractivity contribution in [1.82, 2.24) is 4.98 Å². The fourth-order valence-corrected chi connectivity index (χ4v) is 3.75. The number of nitrogens with one attached hydrogen (secondary N) is 1. The minimum Gasteiger partial charge on any atom is -0.508 e. The molecule has 3 aromatic rings. The number of nitrogens with zero attached hydrogens (tertiary/aromatic N) is 2. The Labute approximate surface area is 164 Å². The quantitative estimate of drug-likeness (QED) is 0.460. The molecular weight excluding hydrogens is 352 g/mol. The van der Waals surface area contributed by atoms with E-state index in [0.29, 0.717) is 17.4 Å². The summed E-state index contributed by atoms with van der Waals surface area (Å²) < 4.78 is 8.03. The highest BCUT2D eigenvalue weighted by atomic mass is 16.5. The Morgan fingerprint density at radius 3 is 2.71 bits per heavy atom. The first-order chi connectivity index (χ1) is 13.5. The van der Waals surface area contributed by atoms with Gasteiger partial charge in [0.25, 0.3) is 0 Å². The fourth-order valence-electron chi connectivity index (χ4n) is 3.75. The number of quaternary nitrogens is 1. The SMILES string of the molecule is C[NH+](C)CCC[n+]1cnc2c(c1N)[C@@H](c1ccccc1)c1ccc(O)cc1O2. The van der Waals surface area contributed by atoms with Gasteiger partial charge in [0.2, 0.25) is 12.1 Å². The van der Waals surface area contributed by atoms with E-state index in [-0.39, 0.29) is 11.7 Å². The van der Waals surface area contributed by atoms with Crippen LogP contribution in [0.1, 0.15) is 29.0 Å². The third-order valence-corrected chi connectivity index (χ3v) is 5.14. The first kappa shape index (κ1) is 18.3. The number of nitrogen functional groups attached to an aromatic ring is 1. The standard InChI is InChI=1S/C22H24N4O2/c1-25(2)11-6-12-26-14-24-22-20(21(26)23)19(15-7-4-3-5-8-15)17-10-9-16(27)13-18(17)28-22/h3-5,7-10,13-14,19,23,27H,6,11-12H2,1-2H3/p+2/t19-/m0/s1. The van der Waals surface area contributed by atoms with Gasteiger partial charge in [0.15, 0.2) is 0 Å². The lowest BCUT2D eigenvalue weighted by Crippen LogP contribution is -3.05. The minimum absolute atomic E-state index is 0.0972. The van der Waals surface area contributed by atoms with E-state index in [2.05, 4.69) is 31.2 Å². The van der Waals surface area contributed by atoms with E-state index < -0.39 is 0 Å². The number of phenols is 1. The molecule has 2 aromatic carbocycles. The summed E-state index contributed by atoms with van der Waals surface area (Å²) in [6.07, 6.45) is 2.76. The number of benzene rings is 2. The molecule has 0 fully saturated rings. The lowest BCUT2D eigenvalue weighted by molar-refractivity contribution is -0.861. The van der Waals surface area contributed by atoms with Crippen LogP contribution < -0.4 is 19.9 Å². The highest BCUT2D eigenvalue weighted by Crippen LogP contribution is 2.48. The molecule has 0 aliphatic carbocycles. The van der Waals surface area contributed by atoms with Gasteiger partial charge in [-0.15, -0.1) is 0 Å². The molecule has 0 bridgehead atoms. The summed E-state index contributed by atoms with van der Waals surface area (Å²) in [7, 11) is 4.29. The lowest BCUT2D eigenvalue weighted by atomic mass is 9.83. The van der Waals surface area contributed by atoms with E-state index in [1.807, 2.05) is 28.8 Å². The van der Waals surface area contributed by atoms with Gasteiger partial charge in [-0.2, -0.15) is 0 Å². The summed E-state index contributed by atoms with van der Waals surface area (Å²) in [5.74, 6) is 1.85. The highest BCUT2D eigenvalue weighted by molar-refractivity contribution is 5.62. The van der Waals surface area contributed by atoms with Crippen LogP contribution in [-0.4, -0.2) is 30.7 Å². The number of fused-ring (bicyclic) bond motifs is 2. The van der Waals surface area contributed by atoms with Crippen LogP contribution in [0, 0.1) is 0 Å². The van der Waals surface area contributed by atoms with Crippen LogP contribution in [0.5, 0.6) is 17.4 Å². The smallest absolute Gasteiger partial charge is 0.306 e.